The van der Waals surface area contributed by atoms with E-state index in [9.17, 15) is 14.7 Å². The minimum atomic E-state index is -0.203. The molecule has 2 saturated carbocycles. The van der Waals surface area contributed by atoms with Crippen molar-refractivity contribution in [3.8, 4) is 0 Å². The molecule has 0 aliphatic heterocycles. The summed E-state index contributed by atoms with van der Waals surface area (Å²) in [5.74, 6) is 3.69. The molecule has 2 aliphatic rings. The highest BCUT2D eigenvalue weighted by molar-refractivity contribution is 5.98. The van der Waals surface area contributed by atoms with Gasteiger partial charge < -0.3 is 9.84 Å². The zero-order valence-corrected chi connectivity index (χ0v) is 34.4. The van der Waals surface area contributed by atoms with Crippen molar-refractivity contribution in [2.24, 2.45) is 46.8 Å². The smallest absolute Gasteiger partial charge is 0.293 e. The predicted molar refractivity (Wildman–Crippen MR) is 216 cm³/mol. The highest BCUT2D eigenvalue weighted by Gasteiger charge is 2.52. The fourth-order valence-corrected chi connectivity index (χ4v) is 9.32. The van der Waals surface area contributed by atoms with Gasteiger partial charge in [0.25, 0.3) is 6.47 Å². The van der Waals surface area contributed by atoms with Crippen molar-refractivity contribution in [1.29, 1.82) is 0 Å². The van der Waals surface area contributed by atoms with Crippen LogP contribution in [0, 0.1) is 67.6 Å². The van der Waals surface area contributed by atoms with Crippen molar-refractivity contribution >= 4 is 12.3 Å². The first-order valence-electron chi connectivity index (χ1n) is 20.8. The van der Waals surface area contributed by atoms with Gasteiger partial charge in [0.05, 0.1) is 0 Å². The number of aryl methyl sites for hydroxylation is 3. The number of ether oxygens (including phenoxy) is 1. The van der Waals surface area contributed by atoms with Crippen LogP contribution in [0.1, 0.15) is 159 Å². The normalized spacial score (nSPS) is 24.7. The molecule has 0 aromatic heterocycles. The molecule has 8 unspecified atom stereocenters. The molecular formula is C47H76O4. The summed E-state index contributed by atoms with van der Waals surface area (Å²) >= 11 is 0. The molecule has 4 rings (SSSR count). The molecule has 0 bridgehead atoms. The average molecular weight is 705 g/mol. The Kier molecular flexibility index (Phi) is 20.4. The zero-order chi connectivity index (χ0) is 38.0. The van der Waals surface area contributed by atoms with Gasteiger partial charge in [0, 0.05) is 18.1 Å². The minimum Gasteiger partial charge on any atom is -0.465 e. The van der Waals surface area contributed by atoms with E-state index in [4.69, 9.17) is 4.74 Å². The van der Waals surface area contributed by atoms with Gasteiger partial charge in [-0.25, -0.2) is 0 Å². The van der Waals surface area contributed by atoms with Crippen LogP contribution in [-0.2, 0) is 9.53 Å². The van der Waals surface area contributed by atoms with E-state index in [0.29, 0.717) is 30.6 Å². The Hall–Kier alpha value is -2.46. The molecule has 2 aromatic rings. The summed E-state index contributed by atoms with van der Waals surface area (Å²) in [7, 11) is 0. The minimum absolute atomic E-state index is 0.194. The van der Waals surface area contributed by atoms with Gasteiger partial charge in [0.1, 0.15) is 6.10 Å². The van der Waals surface area contributed by atoms with E-state index in [-0.39, 0.29) is 29.8 Å². The lowest BCUT2D eigenvalue weighted by Crippen LogP contribution is -2.49. The van der Waals surface area contributed by atoms with Gasteiger partial charge in [-0.3, -0.25) is 9.59 Å². The van der Waals surface area contributed by atoms with Gasteiger partial charge in [-0.2, -0.15) is 0 Å². The molecular weight excluding hydrogens is 629 g/mol. The standard InChI is InChI=1S/C37H60O4.C8H10.C2H6/c1-7-8-12-34(33(20-22-38)31-18-17-30(23-31)28(5)11-9-10-26(2)3)37(6)21-19-32(41-25-39)24-35(37)36(40)29-15-13-27(4)14-16-29;1-7-3-5-8(2)6-4-7;1-2/h13-16,25-26,28,30-35,38H,7-12,17-24H2,1-6H3;3-6H,1-2H3;1-2H3. The lowest BCUT2D eigenvalue weighted by Gasteiger charge is -2.52. The van der Waals surface area contributed by atoms with Crippen LogP contribution in [0.3, 0.4) is 0 Å². The van der Waals surface area contributed by atoms with Crippen molar-refractivity contribution in [1.82, 2.24) is 0 Å². The third-order valence-corrected chi connectivity index (χ3v) is 12.5. The Morgan fingerprint density at radius 3 is 1.92 bits per heavy atom. The van der Waals surface area contributed by atoms with E-state index >= 15 is 0 Å². The van der Waals surface area contributed by atoms with E-state index in [1.807, 2.05) is 45.0 Å². The Morgan fingerprint density at radius 1 is 0.824 bits per heavy atom. The Morgan fingerprint density at radius 2 is 1.39 bits per heavy atom. The maximum Gasteiger partial charge on any atom is 0.293 e. The lowest BCUT2D eigenvalue weighted by atomic mass is 9.53. The summed E-state index contributed by atoms with van der Waals surface area (Å²) < 4.78 is 5.49. The summed E-state index contributed by atoms with van der Waals surface area (Å²) in [6, 6.07) is 16.5. The molecule has 1 N–H and O–H groups in total. The summed E-state index contributed by atoms with van der Waals surface area (Å²) in [5.41, 5.74) is 4.38. The van der Waals surface area contributed by atoms with E-state index in [1.54, 1.807) is 0 Å². The second-order valence-electron chi connectivity index (χ2n) is 16.6. The Balaban J connectivity index is 0.000000781. The van der Waals surface area contributed by atoms with Gasteiger partial charge in [0.15, 0.2) is 5.78 Å². The third kappa shape index (κ3) is 13.8. The molecule has 4 nitrogen and oxygen atoms in total. The largest absolute Gasteiger partial charge is 0.465 e. The maximum atomic E-state index is 14.3. The highest BCUT2D eigenvalue weighted by atomic mass is 16.5. The maximum absolute atomic E-state index is 14.3. The first-order chi connectivity index (χ1) is 24.4. The van der Waals surface area contributed by atoms with Gasteiger partial charge in [0.2, 0.25) is 0 Å². The molecule has 0 saturated heterocycles. The molecule has 288 valence electrons. The van der Waals surface area contributed by atoms with Crippen LogP contribution < -0.4 is 0 Å². The third-order valence-electron chi connectivity index (χ3n) is 12.5. The van der Waals surface area contributed by atoms with Crippen LogP contribution >= 0.6 is 0 Å². The van der Waals surface area contributed by atoms with Crippen molar-refractivity contribution in [3.05, 3.63) is 70.8 Å². The van der Waals surface area contributed by atoms with Crippen LogP contribution in [0.15, 0.2) is 48.5 Å². The predicted octanol–water partition coefficient (Wildman–Crippen LogP) is 12.5. The number of aliphatic hydroxyl groups is 1. The highest BCUT2D eigenvalue weighted by Crippen LogP contribution is 2.56. The van der Waals surface area contributed by atoms with E-state index in [2.05, 4.69) is 72.7 Å². The van der Waals surface area contributed by atoms with E-state index in [1.165, 1.54) is 49.7 Å². The summed E-state index contributed by atoms with van der Waals surface area (Å²) in [6.07, 6.45) is 14.0. The van der Waals surface area contributed by atoms with Gasteiger partial charge >= 0.3 is 0 Å². The van der Waals surface area contributed by atoms with Crippen LogP contribution in [0.5, 0.6) is 0 Å². The van der Waals surface area contributed by atoms with Gasteiger partial charge in [-0.15, -0.1) is 0 Å². The molecule has 4 heteroatoms. The van der Waals surface area contributed by atoms with Crippen molar-refractivity contribution in [3.63, 3.8) is 0 Å². The first kappa shape index (κ1) is 44.7. The molecule has 2 aromatic carbocycles. The molecule has 2 fully saturated rings. The second-order valence-corrected chi connectivity index (χ2v) is 16.6. The molecule has 0 heterocycles. The molecule has 0 amide bonds. The average Bonchev–Trinajstić information content (AvgIpc) is 3.62. The lowest BCUT2D eigenvalue weighted by molar-refractivity contribution is -0.139. The SMILES string of the molecule is CC.CCCCC(C(CCO)C1CCC(C(C)CCCC(C)C)C1)C1(C)CCC(OC=O)CC1C(=O)c1ccc(C)cc1.Cc1ccc(C)cc1. The summed E-state index contributed by atoms with van der Waals surface area (Å²) in [4.78, 5) is 25.6. The fourth-order valence-electron chi connectivity index (χ4n) is 9.32. The number of carbonyl (C=O) groups excluding carboxylic acids is 2. The number of unbranched alkanes of at least 4 members (excludes halogenated alkanes) is 1. The van der Waals surface area contributed by atoms with E-state index < -0.39 is 0 Å². The topological polar surface area (TPSA) is 63.6 Å². The number of rotatable bonds is 17. The fraction of sp³-hybridized carbons (Fsp3) is 0.702. The number of ketones is 1. The van der Waals surface area contributed by atoms with Crippen molar-refractivity contribution < 1.29 is 19.4 Å². The van der Waals surface area contributed by atoms with Gasteiger partial charge in [-0.05, 0) is 113 Å². The van der Waals surface area contributed by atoms with Gasteiger partial charge in [-0.1, -0.05) is 146 Å². The number of benzene rings is 2. The van der Waals surface area contributed by atoms with Crippen molar-refractivity contribution in [2.45, 2.75) is 159 Å². The summed E-state index contributed by atoms with van der Waals surface area (Å²) in [6.45, 7) is 22.7. The van der Waals surface area contributed by atoms with Crippen LogP contribution in [0.2, 0.25) is 0 Å². The quantitative estimate of drug-likeness (QED) is 0.131. The molecule has 0 spiro atoms. The first-order valence-corrected chi connectivity index (χ1v) is 20.8. The molecule has 8 atom stereocenters. The monoisotopic (exact) mass is 705 g/mol. The number of hydrogen-bond acceptors (Lipinski definition) is 4. The Bertz CT molecular complexity index is 1210. The second kappa shape index (κ2) is 23.3. The summed E-state index contributed by atoms with van der Waals surface area (Å²) in [5, 5.41) is 10.4. The van der Waals surface area contributed by atoms with Crippen LogP contribution in [-0.4, -0.2) is 30.1 Å². The zero-order valence-electron chi connectivity index (χ0n) is 34.4. The number of hydrogen-bond donors (Lipinski definition) is 1. The van der Waals surface area contributed by atoms with Crippen molar-refractivity contribution in [2.75, 3.05) is 6.61 Å². The van der Waals surface area contributed by atoms with Crippen LogP contribution in [0.25, 0.3) is 0 Å². The molecule has 2 aliphatic carbocycles. The molecule has 51 heavy (non-hydrogen) atoms. The van der Waals surface area contributed by atoms with Crippen LogP contribution in [0.4, 0.5) is 0 Å². The number of carbonyl (C=O) groups is 2. The number of aliphatic hydroxyl groups excluding tert-OH is 1. The number of Topliss-reactive ketones (excluding diaryl/α,β-unsaturated/α-hetero) is 1. The molecule has 0 radical (unpaired) electrons. The van der Waals surface area contributed by atoms with E-state index in [0.717, 1.165) is 67.4 Å². The Labute approximate surface area is 313 Å².